The van der Waals surface area contributed by atoms with Crippen molar-refractivity contribution in [2.45, 2.75) is 18.6 Å². The van der Waals surface area contributed by atoms with E-state index in [2.05, 4.69) is 5.32 Å². The van der Waals surface area contributed by atoms with Crippen LogP contribution in [0.2, 0.25) is 0 Å². The molecule has 0 saturated carbocycles. The van der Waals surface area contributed by atoms with Crippen molar-refractivity contribution in [3.63, 3.8) is 0 Å². The van der Waals surface area contributed by atoms with Gasteiger partial charge in [-0.3, -0.25) is 9.36 Å². The molecule has 0 aliphatic carbocycles. The SMILES string of the molecule is CNCC(=O)N1CCC[C@H]1P=O. The van der Waals surface area contributed by atoms with E-state index in [1.54, 1.807) is 11.9 Å². The third kappa shape index (κ3) is 2.02. The Morgan fingerprint density at radius 3 is 3.08 bits per heavy atom. The maximum absolute atomic E-state index is 11.3. The zero-order valence-electron chi connectivity index (χ0n) is 7.12. The van der Waals surface area contributed by atoms with Gasteiger partial charge in [0.1, 0.15) is 5.78 Å². The van der Waals surface area contributed by atoms with E-state index in [9.17, 15) is 9.36 Å². The quantitative estimate of drug-likeness (QED) is 0.654. The van der Waals surface area contributed by atoms with E-state index in [1.807, 2.05) is 0 Å². The maximum atomic E-state index is 11.3. The first-order chi connectivity index (χ1) is 5.79. The van der Waals surface area contributed by atoms with Crippen molar-refractivity contribution in [3.05, 3.63) is 0 Å². The molecular formula is C7H13N2O2P. The average molecular weight is 188 g/mol. The molecule has 0 radical (unpaired) electrons. The van der Waals surface area contributed by atoms with Crippen LogP contribution in [0.4, 0.5) is 0 Å². The van der Waals surface area contributed by atoms with Gasteiger partial charge in [-0.2, -0.15) is 0 Å². The van der Waals surface area contributed by atoms with Crippen molar-refractivity contribution in [3.8, 4) is 0 Å². The molecule has 0 aromatic heterocycles. The van der Waals surface area contributed by atoms with Gasteiger partial charge >= 0.3 is 0 Å². The van der Waals surface area contributed by atoms with Crippen LogP contribution in [0.5, 0.6) is 0 Å². The molecule has 1 aliphatic rings. The maximum Gasteiger partial charge on any atom is 0.237 e. The van der Waals surface area contributed by atoms with Crippen LogP contribution in [0, 0.1) is 0 Å². The Morgan fingerprint density at radius 1 is 1.75 bits per heavy atom. The van der Waals surface area contributed by atoms with E-state index in [4.69, 9.17) is 0 Å². The molecule has 0 bridgehead atoms. The lowest BCUT2D eigenvalue weighted by molar-refractivity contribution is -0.129. The van der Waals surface area contributed by atoms with Crippen LogP contribution in [0.1, 0.15) is 12.8 Å². The van der Waals surface area contributed by atoms with Gasteiger partial charge in [0.25, 0.3) is 0 Å². The molecule has 68 valence electrons. The number of carbonyl (C=O) groups is 1. The van der Waals surface area contributed by atoms with Crippen LogP contribution in [0.3, 0.4) is 0 Å². The molecule has 1 saturated heterocycles. The number of amides is 1. The van der Waals surface area contributed by atoms with Gasteiger partial charge in [-0.1, -0.05) is 0 Å². The largest absolute Gasteiger partial charge is 0.328 e. The number of carbonyl (C=O) groups excluding carboxylic acids is 1. The van der Waals surface area contributed by atoms with Gasteiger partial charge < -0.3 is 10.2 Å². The van der Waals surface area contributed by atoms with Crippen molar-refractivity contribution in [1.82, 2.24) is 10.2 Å². The van der Waals surface area contributed by atoms with Crippen molar-refractivity contribution < 1.29 is 9.36 Å². The van der Waals surface area contributed by atoms with Gasteiger partial charge in [0.2, 0.25) is 5.91 Å². The Labute approximate surface area is 73.5 Å². The Bertz CT molecular complexity index is 186. The highest BCUT2D eigenvalue weighted by Gasteiger charge is 2.28. The molecule has 1 aliphatic heterocycles. The molecule has 0 aromatic rings. The van der Waals surface area contributed by atoms with Crippen LogP contribution < -0.4 is 5.32 Å². The monoisotopic (exact) mass is 188 g/mol. The predicted octanol–water partition coefficient (Wildman–Crippen LogP) is 0.446. The number of rotatable bonds is 3. The first-order valence-corrected chi connectivity index (χ1v) is 4.94. The Kier molecular flexibility index (Phi) is 3.63. The first-order valence-electron chi connectivity index (χ1n) is 4.06. The molecule has 1 fully saturated rings. The third-order valence-electron chi connectivity index (χ3n) is 1.99. The van der Waals surface area contributed by atoms with Crippen LogP contribution >= 0.6 is 8.46 Å². The van der Waals surface area contributed by atoms with E-state index >= 15 is 0 Å². The van der Waals surface area contributed by atoms with Gasteiger partial charge in [0.15, 0.2) is 8.46 Å². The molecule has 0 unspecified atom stereocenters. The van der Waals surface area contributed by atoms with Gasteiger partial charge in [-0.05, 0) is 19.9 Å². The Hall–Kier alpha value is -0.470. The average Bonchev–Trinajstić information content (AvgIpc) is 2.51. The smallest absolute Gasteiger partial charge is 0.237 e. The molecule has 0 aromatic carbocycles. The summed E-state index contributed by atoms with van der Waals surface area (Å²) in [5.41, 5.74) is 0. The summed E-state index contributed by atoms with van der Waals surface area (Å²) in [6.07, 6.45) is 1.83. The van der Waals surface area contributed by atoms with Crippen LogP contribution in [0.25, 0.3) is 0 Å². The molecule has 1 rings (SSSR count). The fraction of sp³-hybridized carbons (Fsp3) is 0.857. The topological polar surface area (TPSA) is 49.4 Å². The van der Waals surface area contributed by atoms with E-state index in [-0.39, 0.29) is 20.2 Å². The van der Waals surface area contributed by atoms with Crippen molar-refractivity contribution in [2.75, 3.05) is 20.1 Å². The second-order valence-electron chi connectivity index (χ2n) is 2.85. The normalized spacial score (nSPS) is 23.4. The standard InChI is InChI=1S/C7H13N2O2P/c1-8-5-6(10)9-4-2-3-7(9)12-11/h7-8H,2-5H2,1H3/t7-/m1/s1. The van der Waals surface area contributed by atoms with Crippen LogP contribution in [0.15, 0.2) is 0 Å². The number of likely N-dealkylation sites (tertiary alicyclic amines) is 1. The predicted molar refractivity (Wildman–Crippen MR) is 46.3 cm³/mol. The van der Waals surface area contributed by atoms with E-state index < -0.39 is 0 Å². The second kappa shape index (κ2) is 4.53. The lowest BCUT2D eigenvalue weighted by atomic mass is 10.4. The summed E-state index contributed by atoms with van der Waals surface area (Å²) in [6.45, 7) is 1.09. The summed E-state index contributed by atoms with van der Waals surface area (Å²) in [7, 11) is 1.80. The fourth-order valence-corrected chi connectivity index (χ4v) is 2.05. The highest BCUT2D eigenvalue weighted by atomic mass is 31.1. The molecule has 1 N–H and O–H groups in total. The second-order valence-corrected chi connectivity index (χ2v) is 3.65. The van der Waals surface area contributed by atoms with E-state index in [1.165, 1.54) is 0 Å². The zero-order chi connectivity index (χ0) is 8.97. The molecule has 1 amide bonds. The molecule has 5 heteroatoms. The lowest BCUT2D eigenvalue weighted by Gasteiger charge is -2.18. The summed E-state index contributed by atoms with van der Waals surface area (Å²) in [5, 5.41) is 2.79. The van der Waals surface area contributed by atoms with Crippen molar-refractivity contribution >= 4 is 14.4 Å². The van der Waals surface area contributed by atoms with Crippen LogP contribution in [-0.4, -0.2) is 36.7 Å². The fourth-order valence-electron chi connectivity index (χ4n) is 1.40. The number of nitrogens with one attached hydrogen (secondary N) is 1. The van der Waals surface area contributed by atoms with Gasteiger partial charge in [0.05, 0.1) is 6.54 Å². The molecule has 1 atom stereocenters. The van der Waals surface area contributed by atoms with Gasteiger partial charge in [-0.15, -0.1) is 0 Å². The molecular weight excluding hydrogens is 175 g/mol. The third-order valence-corrected chi connectivity index (χ3v) is 2.77. The summed E-state index contributed by atoms with van der Waals surface area (Å²) in [4.78, 5) is 13.0. The minimum Gasteiger partial charge on any atom is -0.328 e. The van der Waals surface area contributed by atoms with E-state index in [0.717, 1.165) is 19.4 Å². The Balaban J connectivity index is 2.49. The minimum absolute atomic E-state index is 0.0448. The molecule has 4 nitrogen and oxygen atoms in total. The van der Waals surface area contributed by atoms with Crippen molar-refractivity contribution in [1.29, 1.82) is 0 Å². The summed E-state index contributed by atoms with van der Waals surface area (Å²) >= 11 is 0. The first kappa shape index (κ1) is 9.62. The zero-order valence-corrected chi connectivity index (χ0v) is 8.01. The molecule has 12 heavy (non-hydrogen) atoms. The van der Waals surface area contributed by atoms with Gasteiger partial charge in [0, 0.05) is 6.54 Å². The summed E-state index contributed by atoms with van der Waals surface area (Å²) in [6, 6.07) is 0. The highest BCUT2D eigenvalue weighted by Crippen LogP contribution is 2.25. The van der Waals surface area contributed by atoms with Crippen molar-refractivity contribution in [2.24, 2.45) is 0 Å². The summed E-state index contributed by atoms with van der Waals surface area (Å²) < 4.78 is 10.6. The Morgan fingerprint density at radius 2 is 2.50 bits per heavy atom. The summed E-state index contributed by atoms with van der Waals surface area (Å²) in [5.74, 6) is -0.0331. The molecule has 0 spiro atoms. The van der Waals surface area contributed by atoms with E-state index in [0.29, 0.717) is 6.54 Å². The molecule has 1 heterocycles. The number of hydrogen-bond acceptors (Lipinski definition) is 3. The number of nitrogens with zero attached hydrogens (tertiary/aromatic N) is 1. The number of hydrogen-bond donors (Lipinski definition) is 1. The number of likely N-dealkylation sites (N-methyl/N-ethyl adjacent to an activating group) is 1. The van der Waals surface area contributed by atoms with Crippen LogP contribution in [-0.2, 0) is 9.36 Å². The highest BCUT2D eigenvalue weighted by molar-refractivity contribution is 7.24. The minimum atomic E-state index is -0.0779. The van der Waals surface area contributed by atoms with Gasteiger partial charge in [-0.25, -0.2) is 0 Å². The lowest BCUT2D eigenvalue weighted by Crippen LogP contribution is -2.38.